The molecule has 0 amide bonds. The molecule has 2 aliphatic heterocycles. The van der Waals surface area contributed by atoms with Crippen molar-refractivity contribution in [2.45, 2.75) is 0 Å². The van der Waals surface area contributed by atoms with Gasteiger partial charge in [0, 0.05) is 21.9 Å². The van der Waals surface area contributed by atoms with E-state index in [1.165, 1.54) is 24.3 Å². The summed E-state index contributed by atoms with van der Waals surface area (Å²) >= 11 is 66.4. The van der Waals surface area contributed by atoms with Gasteiger partial charge in [-0.15, -0.1) is 0 Å². The Labute approximate surface area is 525 Å². The van der Waals surface area contributed by atoms with E-state index < -0.39 is 5.97 Å². The predicted octanol–water partition coefficient (Wildman–Crippen LogP) is 21.2. The number of ether oxygens (including phenoxy) is 3. The third-order valence-electron chi connectivity index (χ3n) is 14.1. The van der Waals surface area contributed by atoms with E-state index in [1.54, 1.807) is 12.1 Å². The van der Waals surface area contributed by atoms with Crippen LogP contribution in [0, 0.1) is 0 Å². The van der Waals surface area contributed by atoms with E-state index >= 15 is 0 Å². The maximum Gasteiger partial charge on any atom is 0.335 e. The highest BCUT2D eigenvalue weighted by molar-refractivity contribution is 6.52. The lowest BCUT2D eigenvalue weighted by Gasteiger charge is -2.17. The van der Waals surface area contributed by atoms with E-state index in [0.29, 0.717) is 27.9 Å². The van der Waals surface area contributed by atoms with E-state index in [9.17, 15) is 9.90 Å². The average molecular weight is 1300 g/mol. The molecule has 3 aromatic heterocycles. The molecule has 0 fully saturated rings. The maximum absolute atomic E-state index is 11.8. The second-order valence-electron chi connectivity index (χ2n) is 19.1. The Balaban J connectivity index is 1.07. The van der Waals surface area contributed by atoms with Crippen LogP contribution >= 0.6 is 104 Å². The van der Waals surface area contributed by atoms with Crippen molar-refractivity contribution in [3.8, 4) is 102 Å². The number of aromatic nitrogens is 8. The van der Waals surface area contributed by atoms with Crippen LogP contribution in [0.5, 0.6) is 34.5 Å². The van der Waals surface area contributed by atoms with Crippen LogP contribution in [0.3, 0.4) is 0 Å². The number of nitrogens with zero attached hydrogens (tertiary/aromatic N) is 6. The number of rotatable bonds is 9. The van der Waals surface area contributed by atoms with Gasteiger partial charge < -0.3 is 29.3 Å². The van der Waals surface area contributed by atoms with Crippen LogP contribution in [0.25, 0.3) is 112 Å². The van der Waals surface area contributed by atoms with Crippen LogP contribution in [0.15, 0.2) is 158 Å². The highest BCUT2D eigenvalue weighted by atomic mass is 35.5. The lowest BCUT2D eigenvalue weighted by molar-refractivity contribution is 0.0696. The number of hydrogen-bond acceptors (Lipinski definition) is 10. The number of nitrogens with one attached hydrogen (secondary N) is 2. The van der Waals surface area contributed by atoms with Gasteiger partial charge in [0.15, 0.2) is 40.5 Å². The highest BCUT2D eigenvalue weighted by Crippen LogP contribution is 2.57. The van der Waals surface area contributed by atoms with E-state index in [-0.39, 0.29) is 147 Å². The fourth-order valence-electron chi connectivity index (χ4n) is 10.2. The molecule has 0 saturated carbocycles. The fraction of sp³-hybridized carbons (Fsp3) is 0. The van der Waals surface area contributed by atoms with Crippen molar-refractivity contribution in [1.29, 1.82) is 0 Å². The number of halogens is 9. The third kappa shape index (κ3) is 9.30. The summed E-state index contributed by atoms with van der Waals surface area (Å²) in [5.41, 5.74) is 4.58. The Hall–Kier alpha value is -8.18. The van der Waals surface area contributed by atoms with Crippen molar-refractivity contribution in [3.05, 3.63) is 208 Å². The van der Waals surface area contributed by atoms with Crippen molar-refractivity contribution in [3.63, 3.8) is 0 Å². The molecule has 0 aliphatic carbocycles. The molecule has 3 N–H and O–H groups in total. The van der Waals surface area contributed by atoms with Crippen molar-refractivity contribution in [2.75, 3.05) is 0 Å². The monoisotopic (exact) mass is 1290 g/mol. The number of hydrogen-bond donors (Lipinski definition) is 3. The minimum atomic E-state index is -1.14. The van der Waals surface area contributed by atoms with Gasteiger partial charge in [0.1, 0.15) is 54.9 Å². The largest absolute Gasteiger partial charge is 0.478 e. The molecule has 12 aromatic rings. The second-order valence-corrected chi connectivity index (χ2v) is 22.5. The SMILES string of the molecule is O=C(O)c1ccc(Oc2c(Cl)c(Cl)c3c4nc5nc(nc6[nH]c(nc7nc(nc([nH]4)c3c2Cl)-c2c(Cl)c(Cl)c(Oc3ccccc3-c3ccccc3)c(Cl)c2-7)c2ccccc62)-c2c(Cl)c(Cl)c(Oc3ccccc3-c3ccccc3)c(Cl)c2-5)cc1. The van der Waals surface area contributed by atoms with Crippen LogP contribution in [-0.2, 0) is 0 Å². The molecule has 13 nitrogen and oxygen atoms in total. The summed E-state index contributed by atoms with van der Waals surface area (Å²) in [6.45, 7) is 0. The maximum atomic E-state index is 11.8. The zero-order chi connectivity index (χ0) is 58.5. The molecule has 14 rings (SSSR count). The first-order valence-corrected chi connectivity index (χ1v) is 28.8. The Kier molecular flexibility index (Phi) is 14.0. The quantitative estimate of drug-likeness (QED) is 0.117. The number of para-hydroxylation sites is 2. The Morgan fingerprint density at radius 2 is 0.718 bits per heavy atom. The number of H-pyrrole nitrogens is 2. The van der Waals surface area contributed by atoms with Crippen LogP contribution in [-0.4, -0.2) is 50.9 Å². The van der Waals surface area contributed by atoms with Gasteiger partial charge in [-0.25, -0.2) is 34.7 Å². The van der Waals surface area contributed by atoms with Crippen molar-refractivity contribution in [1.82, 2.24) is 39.9 Å². The molecule has 8 bridgehead atoms. The van der Waals surface area contributed by atoms with Crippen molar-refractivity contribution < 1.29 is 24.1 Å². The molecular weight excluding hydrogens is 1270 g/mol. The van der Waals surface area contributed by atoms with Crippen molar-refractivity contribution in [2.24, 2.45) is 0 Å². The number of carboxylic acid groups (broad SMARTS) is 1. The van der Waals surface area contributed by atoms with Crippen LogP contribution in [0.2, 0.25) is 45.2 Å². The molecule has 414 valence electrons. The minimum absolute atomic E-state index is 0.000276. The molecular formula is C63H29Cl9N8O5. The number of fused-ring (bicyclic) bond motifs is 20. The van der Waals surface area contributed by atoms with Crippen molar-refractivity contribution >= 4 is 155 Å². The van der Waals surface area contributed by atoms with Gasteiger partial charge in [-0.05, 0) is 47.5 Å². The number of carbonyl (C=O) groups is 1. The number of aromatic amines is 2. The molecule has 2 aliphatic rings. The summed E-state index contributed by atoms with van der Waals surface area (Å²) in [4.78, 5) is 49.1. The molecule has 85 heavy (non-hydrogen) atoms. The summed E-state index contributed by atoms with van der Waals surface area (Å²) < 4.78 is 19.6. The highest BCUT2D eigenvalue weighted by Gasteiger charge is 2.35. The minimum Gasteiger partial charge on any atom is -0.478 e. The number of benzene rings is 9. The first-order chi connectivity index (χ1) is 41.2. The molecule has 5 heterocycles. The summed E-state index contributed by atoms with van der Waals surface area (Å²) in [5.74, 6) is -0.247. The first kappa shape index (κ1) is 54.7. The topological polar surface area (TPSA) is 174 Å². The molecule has 0 spiro atoms. The summed E-state index contributed by atoms with van der Waals surface area (Å²) in [6, 6.07) is 47.1. The Morgan fingerprint density at radius 1 is 0.353 bits per heavy atom. The Morgan fingerprint density at radius 3 is 1.18 bits per heavy atom. The number of carboxylic acids is 1. The molecule has 0 atom stereocenters. The van der Waals surface area contributed by atoms with Gasteiger partial charge in [-0.3, -0.25) is 0 Å². The van der Waals surface area contributed by atoms with Gasteiger partial charge in [-0.2, -0.15) is 0 Å². The van der Waals surface area contributed by atoms with Gasteiger partial charge in [-0.1, -0.05) is 226 Å². The van der Waals surface area contributed by atoms with Crippen LogP contribution in [0.1, 0.15) is 10.4 Å². The van der Waals surface area contributed by atoms with Crippen LogP contribution < -0.4 is 14.2 Å². The molecule has 0 radical (unpaired) electrons. The lowest BCUT2D eigenvalue weighted by Crippen LogP contribution is -1.95. The second kappa shape index (κ2) is 21.7. The summed E-state index contributed by atoms with van der Waals surface area (Å²) in [6.07, 6.45) is 0. The van der Waals surface area contributed by atoms with E-state index in [2.05, 4.69) is 9.97 Å². The van der Waals surface area contributed by atoms with E-state index in [0.717, 1.165) is 22.3 Å². The smallest absolute Gasteiger partial charge is 0.335 e. The van der Waals surface area contributed by atoms with E-state index in [1.807, 2.05) is 121 Å². The van der Waals surface area contributed by atoms with Gasteiger partial charge in [0.2, 0.25) is 0 Å². The Bertz CT molecular complexity index is 5030. The van der Waals surface area contributed by atoms with Gasteiger partial charge in [0.25, 0.3) is 0 Å². The standard InChI is InChI=1S/C63H29Cl9N8O5/c64-43-38-40(46(67)52(49(43)70)83-30-25-23-29(24-26-30)63(81)82)61-78-58-39-41(47(68)53(51(72)45(39)66)84-35-21-11-9-17-31(35)27-13-3-1-4-14-27)60(77-58)75-56-34-20-8-7-19-33(34)55(73-56)74-57-37-42(62(76-57)80-59(38)79-61)48(69)54(50(71)44(37)65)85-36-22-12-10-18-32(36)28-15-5-2-6-16-28/h1-26H,(H,81,82)(H2,73,74,75,76,77,78,79,80). The zero-order valence-corrected chi connectivity index (χ0v) is 49.5. The summed E-state index contributed by atoms with van der Waals surface area (Å²) in [5, 5.41) is 10.6. The zero-order valence-electron chi connectivity index (χ0n) is 42.7. The normalized spacial score (nSPS) is 11.7. The first-order valence-electron chi connectivity index (χ1n) is 25.4. The summed E-state index contributed by atoms with van der Waals surface area (Å²) in [7, 11) is 0. The molecule has 22 heteroatoms. The van der Waals surface area contributed by atoms with Gasteiger partial charge >= 0.3 is 5.97 Å². The fourth-order valence-corrected chi connectivity index (χ4v) is 12.8. The average Bonchev–Trinajstić information content (AvgIpc) is 1.84. The number of aromatic carboxylic acids is 1. The molecule has 0 saturated heterocycles. The van der Waals surface area contributed by atoms with Crippen LogP contribution in [0.4, 0.5) is 0 Å². The lowest BCUT2D eigenvalue weighted by atomic mass is 10.0. The molecule has 9 aromatic carbocycles. The van der Waals surface area contributed by atoms with Gasteiger partial charge in [0.05, 0.1) is 68.7 Å². The predicted molar refractivity (Wildman–Crippen MR) is 339 cm³/mol. The third-order valence-corrected chi connectivity index (χ3v) is 17.7. The molecule has 0 unspecified atom stereocenters. The van der Waals surface area contributed by atoms with E-state index in [4.69, 9.17) is 149 Å².